The lowest BCUT2D eigenvalue weighted by atomic mass is 10.0. The van der Waals surface area contributed by atoms with E-state index in [1.165, 1.54) is 34.8 Å². The van der Waals surface area contributed by atoms with Crippen LogP contribution in [0.1, 0.15) is 22.9 Å². The van der Waals surface area contributed by atoms with Crippen LogP contribution in [-0.2, 0) is 0 Å². The Morgan fingerprint density at radius 1 is 0.967 bits per heavy atom. The van der Waals surface area contributed by atoms with Crippen LogP contribution in [-0.4, -0.2) is 10.7 Å². The first-order chi connectivity index (χ1) is 14.6. The molecule has 0 N–H and O–H groups in total. The quantitative estimate of drug-likeness (QED) is 0.304. The minimum atomic E-state index is -0.256. The van der Waals surface area contributed by atoms with E-state index in [-0.39, 0.29) is 11.9 Å². The third-order valence-corrected chi connectivity index (χ3v) is 7.21. The second kappa shape index (κ2) is 8.12. The van der Waals surface area contributed by atoms with Crippen molar-refractivity contribution in [3.05, 3.63) is 91.7 Å². The smallest absolute Gasteiger partial charge is 0.207 e. The van der Waals surface area contributed by atoms with Crippen LogP contribution < -0.4 is 5.01 Å². The van der Waals surface area contributed by atoms with Gasteiger partial charge in [-0.05, 0) is 42.0 Å². The van der Waals surface area contributed by atoms with Gasteiger partial charge in [0.2, 0.25) is 5.13 Å². The molecule has 1 unspecified atom stereocenters. The molecular weight excluding hydrogens is 460 g/mol. The van der Waals surface area contributed by atoms with E-state index in [9.17, 15) is 4.39 Å². The Balaban J connectivity index is 1.52. The van der Waals surface area contributed by atoms with Gasteiger partial charge in [0.05, 0.1) is 26.7 Å². The Morgan fingerprint density at radius 3 is 2.43 bits per heavy atom. The predicted molar refractivity (Wildman–Crippen MR) is 125 cm³/mol. The van der Waals surface area contributed by atoms with Gasteiger partial charge in [-0.2, -0.15) is 5.10 Å². The largest absolute Gasteiger partial charge is 0.231 e. The van der Waals surface area contributed by atoms with Crippen molar-refractivity contribution >= 4 is 56.7 Å². The van der Waals surface area contributed by atoms with Gasteiger partial charge in [-0.3, -0.25) is 0 Å². The van der Waals surface area contributed by atoms with E-state index in [1.54, 1.807) is 12.1 Å². The average molecular weight is 474 g/mol. The monoisotopic (exact) mass is 473 g/mol. The number of hydrogen-bond donors (Lipinski definition) is 0. The maximum atomic E-state index is 13.5. The number of rotatable bonds is 4. The predicted octanol–water partition coefficient (Wildman–Crippen LogP) is 7.67. The van der Waals surface area contributed by atoms with Crippen LogP contribution in [0.2, 0.25) is 9.36 Å². The summed E-state index contributed by atoms with van der Waals surface area (Å²) in [6.45, 7) is 0. The summed E-state index contributed by atoms with van der Waals surface area (Å²) < 4.78 is 14.2. The number of halogens is 3. The Kier molecular flexibility index (Phi) is 5.33. The number of anilines is 1. The molecule has 1 aliphatic heterocycles. The number of hydrazone groups is 1. The maximum absolute atomic E-state index is 13.5. The van der Waals surface area contributed by atoms with E-state index in [2.05, 4.69) is 0 Å². The summed E-state index contributed by atoms with van der Waals surface area (Å²) in [7, 11) is 0. The van der Waals surface area contributed by atoms with E-state index in [0.29, 0.717) is 11.4 Å². The summed E-state index contributed by atoms with van der Waals surface area (Å²) in [6.07, 6.45) is 0.693. The van der Waals surface area contributed by atoms with E-state index >= 15 is 0 Å². The summed E-state index contributed by atoms with van der Waals surface area (Å²) >= 11 is 15.2. The lowest BCUT2D eigenvalue weighted by Crippen LogP contribution is -2.18. The minimum Gasteiger partial charge on any atom is -0.231 e. The second-order valence-electron chi connectivity index (χ2n) is 6.79. The SMILES string of the molecule is Fc1ccc(C2CC(c3ccc(Cl)s3)=NN2c2nc(-c3ccc(Cl)cc3)cs2)cc1. The Morgan fingerprint density at radius 2 is 1.73 bits per heavy atom. The fourth-order valence-corrected chi connectivity index (χ4v) is 5.37. The summed E-state index contributed by atoms with van der Waals surface area (Å²) in [5.41, 5.74) is 3.80. The first kappa shape index (κ1) is 19.7. The van der Waals surface area contributed by atoms with Crippen molar-refractivity contribution < 1.29 is 4.39 Å². The number of thiazole rings is 1. The number of benzene rings is 2. The van der Waals surface area contributed by atoms with Gasteiger partial charge >= 0.3 is 0 Å². The van der Waals surface area contributed by atoms with Gasteiger partial charge < -0.3 is 0 Å². The standard InChI is InChI=1S/C22H14Cl2FN3S2/c23-15-5-1-13(2-6-15)18-12-29-22(26-18)28-19(14-3-7-16(25)8-4-14)11-17(27-28)20-9-10-21(24)30-20/h1-10,12,19H,11H2. The van der Waals surface area contributed by atoms with Crippen LogP contribution in [0.15, 0.2) is 71.1 Å². The summed E-state index contributed by atoms with van der Waals surface area (Å²) in [4.78, 5) is 5.85. The molecule has 1 aliphatic rings. The molecule has 0 spiro atoms. The van der Waals surface area contributed by atoms with Crippen molar-refractivity contribution in [1.82, 2.24) is 4.98 Å². The lowest BCUT2D eigenvalue weighted by Gasteiger charge is -2.21. The highest BCUT2D eigenvalue weighted by Gasteiger charge is 2.32. The highest BCUT2D eigenvalue weighted by atomic mass is 35.5. The first-order valence-electron chi connectivity index (χ1n) is 9.16. The highest BCUT2D eigenvalue weighted by Crippen LogP contribution is 2.40. The molecular formula is C22H14Cl2FN3S2. The average Bonchev–Trinajstić information content (AvgIpc) is 3.48. The van der Waals surface area contributed by atoms with Crippen molar-refractivity contribution in [2.75, 3.05) is 5.01 Å². The molecule has 4 aromatic rings. The number of aromatic nitrogens is 1. The van der Waals surface area contributed by atoms with Gasteiger partial charge in [0.25, 0.3) is 0 Å². The maximum Gasteiger partial charge on any atom is 0.207 e. The number of hydrogen-bond acceptors (Lipinski definition) is 5. The van der Waals surface area contributed by atoms with Crippen LogP contribution in [0.25, 0.3) is 11.3 Å². The summed E-state index contributed by atoms with van der Waals surface area (Å²) in [5, 5.41) is 10.3. The molecule has 30 heavy (non-hydrogen) atoms. The van der Waals surface area contributed by atoms with Crippen LogP contribution in [0.5, 0.6) is 0 Å². The van der Waals surface area contributed by atoms with Gasteiger partial charge in [0.15, 0.2) is 0 Å². The third-order valence-electron chi connectivity index (χ3n) is 4.85. The second-order valence-corrected chi connectivity index (χ2v) is 9.78. The molecule has 150 valence electrons. The van der Waals surface area contributed by atoms with Crippen molar-refractivity contribution in [2.45, 2.75) is 12.5 Å². The molecule has 5 rings (SSSR count). The van der Waals surface area contributed by atoms with Gasteiger partial charge in [-0.15, -0.1) is 22.7 Å². The van der Waals surface area contributed by atoms with E-state index in [0.717, 1.165) is 36.9 Å². The normalized spacial score (nSPS) is 16.2. The van der Waals surface area contributed by atoms with Gasteiger partial charge in [0.1, 0.15) is 5.82 Å². The fraction of sp³-hybridized carbons (Fsp3) is 0.0909. The van der Waals surface area contributed by atoms with Gasteiger partial charge in [-0.1, -0.05) is 47.5 Å². The van der Waals surface area contributed by atoms with Crippen LogP contribution >= 0.6 is 45.9 Å². The van der Waals surface area contributed by atoms with Crippen LogP contribution in [0.4, 0.5) is 9.52 Å². The molecule has 0 aliphatic carbocycles. The third kappa shape index (κ3) is 3.88. The molecule has 8 heteroatoms. The molecule has 0 bridgehead atoms. The molecule has 0 amide bonds. The number of nitrogens with zero attached hydrogens (tertiary/aromatic N) is 3. The molecule has 3 nitrogen and oxygen atoms in total. The first-order valence-corrected chi connectivity index (χ1v) is 11.6. The topological polar surface area (TPSA) is 28.5 Å². The zero-order chi connectivity index (χ0) is 20.7. The Hall–Kier alpha value is -2.25. The molecule has 2 aromatic heterocycles. The van der Waals surface area contributed by atoms with Crippen molar-refractivity contribution in [2.24, 2.45) is 5.10 Å². The fourth-order valence-electron chi connectivity index (χ4n) is 3.37. The van der Waals surface area contributed by atoms with Gasteiger partial charge in [-0.25, -0.2) is 14.4 Å². The zero-order valence-electron chi connectivity index (χ0n) is 15.4. The van der Waals surface area contributed by atoms with Crippen molar-refractivity contribution in [1.29, 1.82) is 0 Å². The van der Waals surface area contributed by atoms with Crippen molar-refractivity contribution in [3.8, 4) is 11.3 Å². The van der Waals surface area contributed by atoms with E-state index in [4.69, 9.17) is 33.3 Å². The van der Waals surface area contributed by atoms with Crippen LogP contribution in [0, 0.1) is 5.82 Å². The molecule has 0 saturated carbocycles. The van der Waals surface area contributed by atoms with E-state index < -0.39 is 0 Å². The highest BCUT2D eigenvalue weighted by molar-refractivity contribution is 7.18. The molecule has 0 fully saturated rings. The minimum absolute atomic E-state index is 0.0642. The summed E-state index contributed by atoms with van der Waals surface area (Å²) in [6, 6.07) is 18.0. The Bertz CT molecular complexity index is 1220. The molecule has 0 saturated heterocycles. The Labute approximate surface area is 191 Å². The summed E-state index contributed by atoms with van der Waals surface area (Å²) in [5.74, 6) is -0.256. The van der Waals surface area contributed by atoms with Crippen molar-refractivity contribution in [3.63, 3.8) is 0 Å². The molecule has 3 heterocycles. The number of thiophene rings is 1. The lowest BCUT2D eigenvalue weighted by molar-refractivity contribution is 0.624. The van der Waals surface area contributed by atoms with E-state index in [1.807, 2.05) is 46.8 Å². The molecule has 2 aromatic carbocycles. The molecule has 1 atom stereocenters. The molecule has 0 radical (unpaired) electrons. The van der Waals surface area contributed by atoms with Crippen LogP contribution in [0.3, 0.4) is 0 Å². The van der Waals surface area contributed by atoms with Gasteiger partial charge in [0, 0.05) is 22.4 Å². The zero-order valence-corrected chi connectivity index (χ0v) is 18.6.